The summed E-state index contributed by atoms with van der Waals surface area (Å²) in [5, 5.41) is 10.5. The van der Waals surface area contributed by atoms with Crippen molar-refractivity contribution in [2.75, 3.05) is 24.8 Å². The van der Waals surface area contributed by atoms with Crippen LogP contribution in [0.1, 0.15) is 18.4 Å². The summed E-state index contributed by atoms with van der Waals surface area (Å²) in [5.41, 5.74) is 1.64. The first-order valence-electron chi connectivity index (χ1n) is 10.0. The summed E-state index contributed by atoms with van der Waals surface area (Å²) >= 11 is 6.20. The van der Waals surface area contributed by atoms with Gasteiger partial charge in [0.05, 0.1) is 16.8 Å². The van der Waals surface area contributed by atoms with Gasteiger partial charge in [-0.2, -0.15) is 4.98 Å². The zero-order valence-corrected chi connectivity index (χ0v) is 17.3. The maximum Gasteiger partial charge on any atom is 0.306 e. The van der Waals surface area contributed by atoms with Gasteiger partial charge in [0.1, 0.15) is 6.61 Å². The normalized spacial score (nSPS) is 16.0. The SMILES string of the molecule is O=C(O)C1CCN(c2nc(OCc3ccc4c(c3)OCO4)c3cc(Cl)ccc3n2)CC1. The molecule has 2 aliphatic rings. The first-order chi connectivity index (χ1) is 15.1. The van der Waals surface area contributed by atoms with Crippen molar-refractivity contribution in [2.45, 2.75) is 19.4 Å². The predicted octanol–water partition coefficient (Wildman–Crippen LogP) is 3.89. The van der Waals surface area contributed by atoms with E-state index < -0.39 is 5.97 Å². The number of fused-ring (bicyclic) bond motifs is 2. The van der Waals surface area contributed by atoms with E-state index in [0.717, 1.165) is 22.2 Å². The fourth-order valence-electron chi connectivity index (χ4n) is 3.82. The number of piperidine rings is 1. The number of halogens is 1. The van der Waals surface area contributed by atoms with Crippen LogP contribution in [0, 0.1) is 5.92 Å². The zero-order chi connectivity index (χ0) is 21.4. The second kappa shape index (κ2) is 8.11. The van der Waals surface area contributed by atoms with E-state index in [0.29, 0.717) is 48.5 Å². The van der Waals surface area contributed by atoms with Crippen LogP contribution >= 0.6 is 11.6 Å². The topological polar surface area (TPSA) is 94.0 Å². The highest BCUT2D eigenvalue weighted by Crippen LogP contribution is 2.34. The van der Waals surface area contributed by atoms with Crippen molar-refractivity contribution < 1.29 is 24.1 Å². The first kappa shape index (κ1) is 19.7. The Balaban J connectivity index is 1.42. The largest absolute Gasteiger partial charge is 0.481 e. The highest BCUT2D eigenvalue weighted by molar-refractivity contribution is 6.31. The van der Waals surface area contributed by atoms with E-state index in [4.69, 9.17) is 25.8 Å². The third kappa shape index (κ3) is 4.03. The van der Waals surface area contributed by atoms with E-state index in [2.05, 4.69) is 9.97 Å². The fourth-order valence-corrected chi connectivity index (χ4v) is 3.99. The molecular formula is C22H20ClN3O5. The quantitative estimate of drug-likeness (QED) is 0.637. The number of benzene rings is 2. The third-order valence-electron chi connectivity index (χ3n) is 5.55. The van der Waals surface area contributed by atoms with Crippen LogP contribution in [0.3, 0.4) is 0 Å². The predicted molar refractivity (Wildman–Crippen MR) is 114 cm³/mol. The number of anilines is 1. The maximum absolute atomic E-state index is 11.2. The van der Waals surface area contributed by atoms with Crippen molar-refractivity contribution in [3.8, 4) is 17.4 Å². The number of rotatable bonds is 5. The monoisotopic (exact) mass is 441 g/mol. The molecule has 1 N–H and O–H groups in total. The van der Waals surface area contributed by atoms with Gasteiger partial charge < -0.3 is 24.2 Å². The second-order valence-corrected chi connectivity index (χ2v) is 8.00. The molecule has 31 heavy (non-hydrogen) atoms. The molecule has 0 atom stereocenters. The van der Waals surface area contributed by atoms with E-state index in [1.807, 2.05) is 29.2 Å². The van der Waals surface area contributed by atoms with Gasteiger partial charge in [-0.25, -0.2) is 4.98 Å². The first-order valence-corrected chi connectivity index (χ1v) is 10.4. The summed E-state index contributed by atoms with van der Waals surface area (Å²) in [6.45, 7) is 1.67. The van der Waals surface area contributed by atoms with Gasteiger partial charge in [-0.05, 0) is 48.7 Å². The average molecular weight is 442 g/mol. The fraction of sp³-hybridized carbons (Fsp3) is 0.318. The maximum atomic E-state index is 11.2. The molecule has 0 unspecified atom stereocenters. The summed E-state index contributed by atoms with van der Waals surface area (Å²) in [7, 11) is 0. The van der Waals surface area contributed by atoms with E-state index in [9.17, 15) is 9.90 Å². The Morgan fingerprint density at radius 3 is 2.74 bits per heavy atom. The molecule has 2 aromatic carbocycles. The van der Waals surface area contributed by atoms with Gasteiger partial charge in [-0.15, -0.1) is 0 Å². The molecule has 8 nitrogen and oxygen atoms in total. The molecule has 3 heterocycles. The van der Waals surface area contributed by atoms with Gasteiger partial charge in [0.2, 0.25) is 18.6 Å². The van der Waals surface area contributed by atoms with Crippen LogP contribution in [0.5, 0.6) is 17.4 Å². The Morgan fingerprint density at radius 2 is 1.94 bits per heavy atom. The third-order valence-corrected chi connectivity index (χ3v) is 5.79. The van der Waals surface area contributed by atoms with Crippen molar-refractivity contribution in [1.82, 2.24) is 9.97 Å². The lowest BCUT2D eigenvalue weighted by atomic mass is 9.97. The number of ether oxygens (including phenoxy) is 3. The smallest absolute Gasteiger partial charge is 0.306 e. The standard InChI is InChI=1S/C22H20ClN3O5/c23-15-2-3-17-16(10-15)20(29-11-13-1-4-18-19(9-13)31-12-30-18)25-22(24-17)26-7-5-14(6-8-26)21(27)28/h1-4,9-10,14H,5-8,11-12H2,(H,27,28). The number of carbonyl (C=O) groups is 1. The van der Waals surface area contributed by atoms with Gasteiger partial charge in [0.25, 0.3) is 0 Å². The molecule has 1 aromatic heterocycles. The van der Waals surface area contributed by atoms with Crippen LogP contribution in [0.15, 0.2) is 36.4 Å². The van der Waals surface area contributed by atoms with E-state index in [1.165, 1.54) is 0 Å². The minimum absolute atomic E-state index is 0.219. The Labute approximate surface area is 183 Å². The molecule has 160 valence electrons. The summed E-state index contributed by atoms with van der Waals surface area (Å²) in [5.74, 6) is 1.30. The average Bonchev–Trinajstić information content (AvgIpc) is 3.25. The van der Waals surface area contributed by atoms with Crippen LogP contribution < -0.4 is 19.1 Å². The Kier molecular flexibility index (Phi) is 5.15. The molecule has 5 rings (SSSR count). The number of carboxylic acids is 1. The molecular weight excluding hydrogens is 422 g/mol. The number of nitrogens with zero attached hydrogens (tertiary/aromatic N) is 3. The van der Waals surface area contributed by atoms with Gasteiger partial charge in [0.15, 0.2) is 11.5 Å². The highest BCUT2D eigenvalue weighted by atomic mass is 35.5. The summed E-state index contributed by atoms with van der Waals surface area (Å²) in [6, 6.07) is 11.1. The van der Waals surface area contributed by atoms with Crippen molar-refractivity contribution in [3.63, 3.8) is 0 Å². The van der Waals surface area contributed by atoms with Crippen molar-refractivity contribution >= 4 is 34.4 Å². The lowest BCUT2D eigenvalue weighted by Gasteiger charge is -2.30. The minimum Gasteiger partial charge on any atom is -0.481 e. The van der Waals surface area contributed by atoms with Crippen LogP contribution in [0.4, 0.5) is 5.95 Å². The molecule has 0 radical (unpaired) electrons. The molecule has 0 amide bonds. The number of aromatic nitrogens is 2. The van der Waals surface area contributed by atoms with Crippen molar-refractivity contribution in [1.29, 1.82) is 0 Å². The summed E-state index contributed by atoms with van der Waals surface area (Å²) < 4.78 is 16.9. The second-order valence-electron chi connectivity index (χ2n) is 7.57. The summed E-state index contributed by atoms with van der Waals surface area (Å²) in [4.78, 5) is 22.6. The minimum atomic E-state index is -0.749. The van der Waals surface area contributed by atoms with Crippen molar-refractivity contribution in [2.24, 2.45) is 5.92 Å². The molecule has 0 spiro atoms. The molecule has 0 bridgehead atoms. The van der Waals surface area contributed by atoms with E-state index in [-0.39, 0.29) is 19.3 Å². The lowest BCUT2D eigenvalue weighted by molar-refractivity contribution is -0.142. The van der Waals surface area contributed by atoms with Crippen LogP contribution in [0.2, 0.25) is 5.02 Å². The molecule has 1 fully saturated rings. The van der Waals surface area contributed by atoms with Crippen LogP contribution in [-0.2, 0) is 11.4 Å². The lowest BCUT2D eigenvalue weighted by Crippen LogP contribution is -2.37. The molecule has 0 aliphatic carbocycles. The molecule has 9 heteroatoms. The summed E-state index contributed by atoms with van der Waals surface area (Å²) in [6.07, 6.45) is 1.12. The molecule has 0 saturated carbocycles. The van der Waals surface area contributed by atoms with Crippen LogP contribution in [0.25, 0.3) is 10.9 Å². The van der Waals surface area contributed by atoms with Gasteiger partial charge >= 0.3 is 5.97 Å². The zero-order valence-electron chi connectivity index (χ0n) is 16.6. The Bertz CT molecular complexity index is 1150. The number of aliphatic carboxylic acids is 1. The van der Waals surface area contributed by atoms with Crippen LogP contribution in [-0.4, -0.2) is 40.9 Å². The van der Waals surface area contributed by atoms with Gasteiger partial charge in [-0.1, -0.05) is 17.7 Å². The molecule has 1 saturated heterocycles. The number of hydrogen-bond acceptors (Lipinski definition) is 7. The molecule has 2 aliphatic heterocycles. The van der Waals surface area contributed by atoms with Crippen molar-refractivity contribution in [3.05, 3.63) is 47.0 Å². The highest BCUT2D eigenvalue weighted by Gasteiger charge is 2.26. The number of carboxylic acid groups (broad SMARTS) is 1. The van der Waals surface area contributed by atoms with E-state index in [1.54, 1.807) is 12.1 Å². The van der Waals surface area contributed by atoms with Gasteiger partial charge in [0, 0.05) is 18.1 Å². The molecule has 3 aromatic rings. The van der Waals surface area contributed by atoms with E-state index >= 15 is 0 Å². The Morgan fingerprint density at radius 1 is 1.13 bits per heavy atom. The van der Waals surface area contributed by atoms with Gasteiger partial charge in [-0.3, -0.25) is 4.79 Å². The number of hydrogen-bond donors (Lipinski definition) is 1. The Hall–Kier alpha value is -3.26.